The van der Waals surface area contributed by atoms with Crippen molar-refractivity contribution in [1.82, 2.24) is 14.9 Å². The number of sulfonamides is 1. The van der Waals surface area contributed by atoms with Gasteiger partial charge in [-0.05, 0) is 19.2 Å². The Hall–Kier alpha value is -1.64. The summed E-state index contributed by atoms with van der Waals surface area (Å²) in [4.78, 5) is 17.7. The molecule has 0 saturated carbocycles. The number of hydrogen-bond donors (Lipinski definition) is 2. The van der Waals surface area contributed by atoms with Gasteiger partial charge >= 0.3 is 0 Å². The minimum Gasteiger partial charge on any atom is -0.343 e. The van der Waals surface area contributed by atoms with Crippen molar-refractivity contribution in [3.8, 4) is 0 Å². The molecule has 9 heteroatoms. The van der Waals surface area contributed by atoms with Gasteiger partial charge in [0.1, 0.15) is 12.4 Å². The lowest BCUT2D eigenvalue weighted by molar-refractivity contribution is -0.128. The van der Waals surface area contributed by atoms with Gasteiger partial charge in [-0.1, -0.05) is 12.1 Å². The van der Waals surface area contributed by atoms with Crippen molar-refractivity contribution < 1.29 is 13.2 Å². The Kier molecular flexibility index (Phi) is 6.34. The van der Waals surface area contributed by atoms with Gasteiger partial charge in [-0.3, -0.25) is 14.5 Å². The molecule has 1 aromatic rings. The number of aliphatic imine (C=N–C) groups is 1. The SMILES string of the molecule is CNCCN(C)C(=O)CN=C1NS(=O)(=O)c2ccccc21.Cl. The summed E-state index contributed by atoms with van der Waals surface area (Å²) in [5.74, 6) is 0.0577. The zero-order chi connectivity index (χ0) is 15.5. The van der Waals surface area contributed by atoms with E-state index in [1.54, 1.807) is 30.1 Å². The maximum atomic E-state index is 11.9. The molecular weight excluding hydrogens is 328 g/mol. The fraction of sp³-hybridized carbons (Fsp3) is 0.385. The first-order valence-electron chi connectivity index (χ1n) is 6.51. The van der Waals surface area contributed by atoms with Crippen LogP contribution in [0.2, 0.25) is 0 Å². The molecule has 0 unspecified atom stereocenters. The van der Waals surface area contributed by atoms with Gasteiger partial charge in [0, 0.05) is 25.7 Å². The number of likely N-dealkylation sites (N-methyl/N-ethyl adjacent to an activating group) is 2. The number of benzene rings is 1. The average molecular weight is 347 g/mol. The van der Waals surface area contributed by atoms with Crippen molar-refractivity contribution in [3.05, 3.63) is 29.8 Å². The van der Waals surface area contributed by atoms with Gasteiger partial charge in [0.2, 0.25) is 5.91 Å². The van der Waals surface area contributed by atoms with E-state index < -0.39 is 10.0 Å². The van der Waals surface area contributed by atoms with Crippen molar-refractivity contribution in [2.45, 2.75) is 4.90 Å². The molecule has 0 saturated heterocycles. The van der Waals surface area contributed by atoms with E-state index in [1.165, 1.54) is 6.07 Å². The van der Waals surface area contributed by atoms with Gasteiger partial charge in [-0.25, -0.2) is 8.42 Å². The summed E-state index contributed by atoms with van der Waals surface area (Å²) in [6.45, 7) is 1.17. The van der Waals surface area contributed by atoms with E-state index in [1.807, 2.05) is 7.05 Å². The Balaban J connectivity index is 0.00000242. The van der Waals surface area contributed by atoms with E-state index in [-0.39, 0.29) is 35.6 Å². The highest BCUT2D eigenvalue weighted by atomic mass is 35.5. The summed E-state index contributed by atoms with van der Waals surface area (Å²) < 4.78 is 26.1. The summed E-state index contributed by atoms with van der Waals surface area (Å²) >= 11 is 0. The maximum absolute atomic E-state index is 11.9. The number of halogens is 1. The van der Waals surface area contributed by atoms with Crippen LogP contribution in [-0.4, -0.2) is 58.8 Å². The second-order valence-corrected chi connectivity index (χ2v) is 6.34. The van der Waals surface area contributed by atoms with Crippen LogP contribution in [0.25, 0.3) is 0 Å². The summed E-state index contributed by atoms with van der Waals surface area (Å²) in [6.07, 6.45) is 0. The summed E-state index contributed by atoms with van der Waals surface area (Å²) in [5, 5.41) is 2.95. The van der Waals surface area contributed by atoms with Gasteiger partial charge in [-0.15, -0.1) is 12.4 Å². The summed E-state index contributed by atoms with van der Waals surface area (Å²) in [6, 6.07) is 6.57. The first kappa shape index (κ1) is 18.4. The Bertz CT molecular complexity index is 676. The summed E-state index contributed by atoms with van der Waals surface area (Å²) in [5.41, 5.74) is 0.503. The monoisotopic (exact) mass is 346 g/mol. The third-order valence-electron chi connectivity index (χ3n) is 3.16. The fourth-order valence-corrected chi connectivity index (χ4v) is 3.17. The van der Waals surface area contributed by atoms with E-state index in [2.05, 4.69) is 15.0 Å². The van der Waals surface area contributed by atoms with Crippen LogP contribution in [-0.2, 0) is 14.8 Å². The van der Waals surface area contributed by atoms with Crippen molar-refractivity contribution in [1.29, 1.82) is 0 Å². The van der Waals surface area contributed by atoms with E-state index in [4.69, 9.17) is 0 Å². The molecule has 7 nitrogen and oxygen atoms in total. The van der Waals surface area contributed by atoms with Gasteiger partial charge in [0.05, 0.1) is 4.90 Å². The molecule has 122 valence electrons. The minimum atomic E-state index is -3.55. The van der Waals surface area contributed by atoms with Crippen LogP contribution in [0.1, 0.15) is 5.56 Å². The minimum absolute atomic E-state index is 0. The van der Waals surface area contributed by atoms with Crippen molar-refractivity contribution >= 4 is 34.2 Å². The van der Waals surface area contributed by atoms with Crippen LogP contribution in [0.15, 0.2) is 34.2 Å². The van der Waals surface area contributed by atoms with E-state index in [0.717, 1.165) is 0 Å². The number of hydrogen-bond acceptors (Lipinski definition) is 5. The van der Waals surface area contributed by atoms with Crippen LogP contribution in [0.5, 0.6) is 0 Å². The number of nitrogens with zero attached hydrogens (tertiary/aromatic N) is 2. The normalized spacial score (nSPS) is 16.5. The largest absolute Gasteiger partial charge is 0.343 e. The lowest BCUT2D eigenvalue weighted by atomic mass is 10.2. The van der Waals surface area contributed by atoms with Gasteiger partial charge in [0.15, 0.2) is 0 Å². The molecule has 22 heavy (non-hydrogen) atoms. The molecule has 0 fully saturated rings. The highest BCUT2D eigenvalue weighted by molar-refractivity contribution is 7.90. The van der Waals surface area contributed by atoms with Crippen molar-refractivity contribution in [2.75, 3.05) is 33.7 Å². The van der Waals surface area contributed by atoms with Crippen LogP contribution in [0, 0.1) is 0 Å². The second kappa shape index (κ2) is 7.57. The van der Waals surface area contributed by atoms with Crippen LogP contribution < -0.4 is 10.0 Å². The number of fused-ring (bicyclic) bond motifs is 1. The molecule has 2 N–H and O–H groups in total. The molecule has 0 spiro atoms. The Morgan fingerprint density at radius 1 is 1.36 bits per heavy atom. The van der Waals surface area contributed by atoms with Gasteiger partial charge in [0.25, 0.3) is 10.0 Å². The number of amidine groups is 1. The highest BCUT2D eigenvalue weighted by Crippen LogP contribution is 2.21. The van der Waals surface area contributed by atoms with Gasteiger partial charge < -0.3 is 10.2 Å². The number of carbonyl (C=O) groups excluding carboxylic acids is 1. The van der Waals surface area contributed by atoms with Crippen molar-refractivity contribution in [2.24, 2.45) is 4.99 Å². The lowest BCUT2D eigenvalue weighted by Crippen LogP contribution is -2.34. The Labute approximate surface area is 136 Å². The third kappa shape index (κ3) is 3.96. The van der Waals surface area contributed by atoms with Gasteiger partial charge in [-0.2, -0.15) is 0 Å². The molecule has 1 aliphatic rings. The van der Waals surface area contributed by atoms with E-state index in [0.29, 0.717) is 18.7 Å². The lowest BCUT2D eigenvalue weighted by Gasteiger charge is -2.15. The fourth-order valence-electron chi connectivity index (χ4n) is 1.92. The first-order chi connectivity index (χ1) is 9.95. The van der Waals surface area contributed by atoms with Crippen LogP contribution in [0.3, 0.4) is 0 Å². The molecule has 0 bridgehead atoms. The highest BCUT2D eigenvalue weighted by Gasteiger charge is 2.30. The Morgan fingerprint density at radius 3 is 2.73 bits per heavy atom. The molecule has 1 heterocycles. The topological polar surface area (TPSA) is 90.9 Å². The molecule has 0 aromatic heterocycles. The van der Waals surface area contributed by atoms with E-state index in [9.17, 15) is 13.2 Å². The van der Waals surface area contributed by atoms with Crippen molar-refractivity contribution in [3.63, 3.8) is 0 Å². The molecule has 0 aliphatic carbocycles. The second-order valence-electron chi connectivity index (χ2n) is 4.69. The molecule has 0 radical (unpaired) electrons. The van der Waals surface area contributed by atoms with Crippen LogP contribution >= 0.6 is 12.4 Å². The number of nitrogens with one attached hydrogen (secondary N) is 2. The zero-order valence-electron chi connectivity index (χ0n) is 12.4. The first-order valence-corrected chi connectivity index (χ1v) is 7.99. The molecule has 1 amide bonds. The van der Waals surface area contributed by atoms with Crippen LogP contribution in [0.4, 0.5) is 0 Å². The smallest absolute Gasteiger partial charge is 0.263 e. The van der Waals surface area contributed by atoms with E-state index >= 15 is 0 Å². The third-order valence-corrected chi connectivity index (χ3v) is 4.56. The average Bonchev–Trinajstić information content (AvgIpc) is 2.74. The standard InChI is InChI=1S/C13H18N4O3S.ClH/c1-14-7-8-17(2)12(18)9-15-13-10-5-3-4-6-11(10)21(19,20)16-13;/h3-6,14H,7-9H2,1-2H3,(H,15,16);1H. The number of rotatable bonds is 5. The molecule has 1 aromatic carbocycles. The quantitative estimate of drug-likeness (QED) is 0.774. The molecule has 0 atom stereocenters. The molecule has 2 rings (SSSR count). The predicted molar refractivity (Wildman–Crippen MR) is 87.0 cm³/mol. The number of amides is 1. The predicted octanol–water partition coefficient (Wildman–Crippen LogP) is -0.175. The summed E-state index contributed by atoms with van der Waals surface area (Å²) in [7, 11) is -0.0573. The zero-order valence-corrected chi connectivity index (χ0v) is 14.0. The molecular formula is C13H19ClN4O3S. The Morgan fingerprint density at radius 2 is 2.05 bits per heavy atom. The molecule has 1 aliphatic heterocycles. The number of carbonyl (C=O) groups is 1. The maximum Gasteiger partial charge on any atom is 0.263 e.